The van der Waals surface area contributed by atoms with Gasteiger partial charge in [0.15, 0.2) is 5.65 Å². The maximum Gasteiger partial charge on any atom is 0.257 e. The predicted molar refractivity (Wildman–Crippen MR) is 138 cm³/mol. The van der Waals surface area contributed by atoms with Gasteiger partial charge >= 0.3 is 0 Å². The molecule has 0 saturated carbocycles. The molecule has 0 aliphatic rings. The highest BCUT2D eigenvalue weighted by molar-refractivity contribution is 6.10. The quantitative estimate of drug-likeness (QED) is 0.354. The lowest BCUT2D eigenvalue weighted by molar-refractivity contribution is 0.0956. The van der Waals surface area contributed by atoms with Crippen molar-refractivity contribution in [3.63, 3.8) is 0 Å². The zero-order chi connectivity index (χ0) is 24.2. The van der Waals surface area contributed by atoms with Gasteiger partial charge in [-0.3, -0.25) is 4.79 Å². The van der Waals surface area contributed by atoms with Crippen LogP contribution in [0.4, 0.5) is 5.82 Å². The molecule has 0 bridgehead atoms. The van der Waals surface area contributed by atoms with Crippen LogP contribution in [0.5, 0.6) is 5.75 Å². The van der Waals surface area contributed by atoms with Crippen LogP contribution in [0.1, 0.15) is 21.5 Å². The molecule has 8 heteroatoms. The molecule has 0 atom stereocenters. The van der Waals surface area contributed by atoms with E-state index in [1.54, 1.807) is 13.3 Å². The van der Waals surface area contributed by atoms with Crippen molar-refractivity contribution in [1.82, 2.24) is 20.0 Å². The third kappa shape index (κ3) is 4.54. The number of aromatic nitrogens is 3. The van der Waals surface area contributed by atoms with Gasteiger partial charge in [-0.25, -0.2) is 9.97 Å². The maximum atomic E-state index is 13.2. The fourth-order valence-corrected chi connectivity index (χ4v) is 3.85. The first-order valence-electron chi connectivity index (χ1n) is 11.2. The summed E-state index contributed by atoms with van der Waals surface area (Å²) in [5.41, 5.74) is 10.9. The Bertz CT molecular complexity index is 1520. The number of rotatable bonds is 7. The lowest BCUT2D eigenvalue weighted by Crippen LogP contribution is -2.26. The summed E-state index contributed by atoms with van der Waals surface area (Å²) in [5.74, 6) is 0.656. The van der Waals surface area contributed by atoms with Crippen LogP contribution in [0.15, 0.2) is 84.0 Å². The summed E-state index contributed by atoms with van der Waals surface area (Å²) in [7, 11) is 1.63. The summed E-state index contributed by atoms with van der Waals surface area (Å²) in [4.78, 5) is 22.7. The van der Waals surface area contributed by atoms with Gasteiger partial charge in [0.25, 0.3) is 5.91 Å². The molecular weight excluding hydrogens is 440 g/mol. The Morgan fingerprint density at radius 3 is 2.40 bits per heavy atom. The second kappa shape index (κ2) is 9.64. The molecule has 5 rings (SSSR count). The van der Waals surface area contributed by atoms with Crippen LogP contribution >= 0.6 is 0 Å². The van der Waals surface area contributed by atoms with Crippen molar-refractivity contribution in [3.05, 3.63) is 95.6 Å². The van der Waals surface area contributed by atoms with E-state index < -0.39 is 0 Å². The number of fused-ring (bicyclic) bond motifs is 2. The number of hydrogen-bond acceptors (Lipinski definition) is 6. The number of methoxy groups -OCH3 is 1. The van der Waals surface area contributed by atoms with E-state index in [2.05, 4.69) is 10.4 Å². The number of nitrogens with one attached hydrogen (secondary N) is 1. The van der Waals surface area contributed by atoms with E-state index in [-0.39, 0.29) is 17.3 Å². The molecule has 0 fully saturated rings. The zero-order valence-corrected chi connectivity index (χ0v) is 19.2. The summed E-state index contributed by atoms with van der Waals surface area (Å²) in [6.45, 7) is 0.436. The molecule has 0 spiro atoms. The molecule has 0 radical (unpaired) electrons. The lowest BCUT2D eigenvalue weighted by atomic mass is 10.1. The number of carbonyl (C=O) groups excluding carboxylic acids is 1. The number of amides is 1. The van der Waals surface area contributed by atoms with E-state index in [4.69, 9.17) is 20.4 Å². The van der Waals surface area contributed by atoms with Crippen LogP contribution in [0.25, 0.3) is 22.2 Å². The summed E-state index contributed by atoms with van der Waals surface area (Å²) < 4.78 is 6.67. The normalized spacial score (nSPS) is 11.3. The fourth-order valence-electron chi connectivity index (χ4n) is 3.85. The van der Waals surface area contributed by atoms with Gasteiger partial charge in [-0.2, -0.15) is 9.78 Å². The van der Waals surface area contributed by atoms with Crippen LogP contribution in [0.3, 0.4) is 0 Å². The number of nitrogens with zero attached hydrogens (tertiary/aromatic N) is 4. The molecule has 0 aliphatic carbocycles. The minimum atomic E-state index is -0.320. The SMILES string of the molecule is COc1ccc(CCNC(=O)c2c(N)n(/N=C/c3ccccc3)c3nc4ccccc4nc23)cc1. The highest BCUT2D eigenvalue weighted by atomic mass is 16.5. The second-order valence-corrected chi connectivity index (χ2v) is 7.97. The van der Waals surface area contributed by atoms with E-state index >= 15 is 0 Å². The number of para-hydroxylation sites is 2. The van der Waals surface area contributed by atoms with Crippen molar-refractivity contribution in [2.45, 2.75) is 6.42 Å². The lowest BCUT2D eigenvalue weighted by Gasteiger charge is -2.06. The highest BCUT2D eigenvalue weighted by Gasteiger charge is 2.23. The highest BCUT2D eigenvalue weighted by Crippen LogP contribution is 2.27. The summed E-state index contributed by atoms with van der Waals surface area (Å²) >= 11 is 0. The van der Waals surface area contributed by atoms with Crippen LogP contribution in [-0.4, -0.2) is 40.4 Å². The first-order valence-corrected chi connectivity index (χ1v) is 11.2. The average Bonchev–Trinajstić information content (AvgIpc) is 3.17. The summed E-state index contributed by atoms with van der Waals surface area (Å²) in [5, 5.41) is 7.49. The molecule has 1 amide bonds. The molecule has 3 N–H and O–H groups in total. The Balaban J connectivity index is 1.48. The van der Waals surface area contributed by atoms with Crippen LogP contribution < -0.4 is 15.8 Å². The Hall–Kier alpha value is -4.72. The maximum absolute atomic E-state index is 13.2. The molecular formula is C27H24N6O2. The molecule has 3 aromatic carbocycles. The number of ether oxygens (including phenoxy) is 1. The minimum absolute atomic E-state index is 0.185. The van der Waals surface area contributed by atoms with E-state index in [0.29, 0.717) is 35.2 Å². The number of hydrogen-bond donors (Lipinski definition) is 2. The number of carbonyl (C=O) groups is 1. The first-order chi connectivity index (χ1) is 17.1. The number of benzene rings is 3. The van der Waals surface area contributed by atoms with Crippen molar-refractivity contribution in [2.75, 3.05) is 19.4 Å². The van der Waals surface area contributed by atoms with Gasteiger partial charge in [0.05, 0.1) is 24.4 Å². The van der Waals surface area contributed by atoms with Gasteiger partial charge in [0.1, 0.15) is 22.6 Å². The van der Waals surface area contributed by atoms with E-state index in [1.165, 1.54) is 4.68 Å². The minimum Gasteiger partial charge on any atom is -0.497 e. The van der Waals surface area contributed by atoms with Crippen molar-refractivity contribution >= 4 is 40.1 Å². The fraction of sp³-hybridized carbons (Fsp3) is 0.111. The number of anilines is 1. The van der Waals surface area contributed by atoms with Crippen LogP contribution in [0.2, 0.25) is 0 Å². The average molecular weight is 465 g/mol. The second-order valence-electron chi connectivity index (χ2n) is 7.97. The van der Waals surface area contributed by atoms with Gasteiger partial charge in [-0.05, 0) is 41.8 Å². The Labute approximate surface area is 202 Å². The summed E-state index contributed by atoms with van der Waals surface area (Å²) in [6.07, 6.45) is 2.34. The van der Waals surface area contributed by atoms with Crippen molar-refractivity contribution in [2.24, 2.45) is 5.10 Å². The number of nitrogen functional groups attached to an aromatic ring is 1. The van der Waals surface area contributed by atoms with Gasteiger partial charge in [-0.1, -0.05) is 54.6 Å². The molecule has 2 aromatic heterocycles. The molecule has 35 heavy (non-hydrogen) atoms. The molecule has 0 aliphatic heterocycles. The Morgan fingerprint density at radius 2 is 1.69 bits per heavy atom. The third-order valence-corrected chi connectivity index (χ3v) is 5.68. The molecule has 174 valence electrons. The van der Waals surface area contributed by atoms with E-state index in [0.717, 1.165) is 16.9 Å². The van der Waals surface area contributed by atoms with Crippen LogP contribution in [-0.2, 0) is 6.42 Å². The van der Waals surface area contributed by atoms with Crippen molar-refractivity contribution in [1.29, 1.82) is 0 Å². The molecule has 2 heterocycles. The zero-order valence-electron chi connectivity index (χ0n) is 19.2. The Morgan fingerprint density at radius 1 is 1.00 bits per heavy atom. The first kappa shape index (κ1) is 22.1. The molecule has 5 aromatic rings. The standard InChI is InChI=1S/C27H24N6O2/c1-35-20-13-11-18(12-14-20)15-16-29-27(34)23-24-26(32-22-10-6-5-9-21(22)31-24)33(25(23)28)30-17-19-7-3-2-4-8-19/h2-14,17H,15-16,28H2,1H3,(H,29,34)/b30-17+. The van der Waals surface area contributed by atoms with Gasteiger partial charge in [0.2, 0.25) is 0 Å². The smallest absolute Gasteiger partial charge is 0.257 e. The van der Waals surface area contributed by atoms with Crippen LogP contribution in [0, 0.1) is 0 Å². The Kier molecular flexibility index (Phi) is 6.09. The summed E-state index contributed by atoms with van der Waals surface area (Å²) in [6, 6.07) is 24.9. The van der Waals surface area contributed by atoms with Gasteiger partial charge in [0, 0.05) is 6.54 Å². The van der Waals surface area contributed by atoms with Gasteiger partial charge in [-0.15, -0.1) is 0 Å². The number of nitrogens with two attached hydrogens (primary N) is 1. The largest absolute Gasteiger partial charge is 0.497 e. The predicted octanol–water partition coefficient (Wildman–Crippen LogP) is 4.03. The van der Waals surface area contributed by atoms with Crippen molar-refractivity contribution in [3.8, 4) is 5.75 Å². The molecule has 0 saturated heterocycles. The van der Waals surface area contributed by atoms with E-state index in [9.17, 15) is 4.79 Å². The van der Waals surface area contributed by atoms with E-state index in [1.807, 2.05) is 78.9 Å². The third-order valence-electron chi connectivity index (χ3n) is 5.68. The molecule has 0 unspecified atom stereocenters. The monoisotopic (exact) mass is 464 g/mol. The van der Waals surface area contributed by atoms with Crippen molar-refractivity contribution < 1.29 is 9.53 Å². The van der Waals surface area contributed by atoms with Gasteiger partial charge < -0.3 is 15.8 Å². The topological polar surface area (TPSA) is 107 Å². The molecule has 8 nitrogen and oxygen atoms in total.